The number of nitrogens with two attached hydrogens (primary N) is 1. The van der Waals surface area contributed by atoms with E-state index in [0.29, 0.717) is 18.5 Å². The highest BCUT2D eigenvalue weighted by atomic mass is 16.5. The second kappa shape index (κ2) is 7.81. The fourth-order valence-electron chi connectivity index (χ4n) is 2.97. The van der Waals surface area contributed by atoms with Gasteiger partial charge in [-0.2, -0.15) is 0 Å². The first kappa shape index (κ1) is 15.6. The Hall–Kier alpha value is -2.30. The second-order valence-corrected chi connectivity index (χ2v) is 6.08. The Morgan fingerprint density at radius 2 is 1.91 bits per heavy atom. The quantitative estimate of drug-likeness (QED) is 0.515. The summed E-state index contributed by atoms with van der Waals surface area (Å²) in [6, 6.07) is 12.3. The van der Waals surface area contributed by atoms with E-state index < -0.39 is 0 Å². The number of nitrogens with zero attached hydrogens (tertiary/aromatic N) is 2. The van der Waals surface area contributed by atoms with Crippen LogP contribution in [-0.4, -0.2) is 17.2 Å². The molecule has 5 nitrogen and oxygen atoms in total. The van der Waals surface area contributed by atoms with Crippen LogP contribution >= 0.6 is 0 Å². The van der Waals surface area contributed by atoms with Gasteiger partial charge in [-0.3, -0.25) is 0 Å². The van der Waals surface area contributed by atoms with Crippen LogP contribution in [0.4, 0.5) is 0 Å². The van der Waals surface area contributed by atoms with Gasteiger partial charge in [0.15, 0.2) is 11.7 Å². The van der Waals surface area contributed by atoms with E-state index in [1.54, 1.807) is 0 Å². The predicted molar refractivity (Wildman–Crippen MR) is 91.9 cm³/mol. The summed E-state index contributed by atoms with van der Waals surface area (Å²) < 4.78 is 5.34. The van der Waals surface area contributed by atoms with Gasteiger partial charge in [0, 0.05) is 17.7 Å². The van der Waals surface area contributed by atoms with Crippen LogP contribution in [0.25, 0.3) is 11.3 Å². The number of hydrogen-bond donors (Lipinski definition) is 2. The maximum Gasteiger partial charge on any atom is 0.189 e. The van der Waals surface area contributed by atoms with Gasteiger partial charge in [-0.25, -0.2) is 4.99 Å². The van der Waals surface area contributed by atoms with Crippen LogP contribution in [0.15, 0.2) is 45.9 Å². The molecule has 1 aliphatic rings. The molecule has 0 atom stereocenters. The first-order valence-corrected chi connectivity index (χ1v) is 8.39. The minimum Gasteiger partial charge on any atom is -0.370 e. The Labute approximate surface area is 137 Å². The highest BCUT2D eigenvalue weighted by molar-refractivity contribution is 5.78. The largest absolute Gasteiger partial charge is 0.370 e. The van der Waals surface area contributed by atoms with Gasteiger partial charge in [0.05, 0.1) is 0 Å². The summed E-state index contributed by atoms with van der Waals surface area (Å²) in [5.41, 5.74) is 7.86. The van der Waals surface area contributed by atoms with Crippen LogP contribution in [0.3, 0.4) is 0 Å². The summed E-state index contributed by atoms with van der Waals surface area (Å²) in [4.78, 5) is 4.38. The van der Waals surface area contributed by atoms with Gasteiger partial charge in [0.2, 0.25) is 0 Å². The summed E-state index contributed by atoms with van der Waals surface area (Å²) >= 11 is 0. The predicted octanol–water partition coefficient (Wildman–Crippen LogP) is 3.47. The number of aliphatic imine (C=N–C) groups is 1. The molecule has 0 spiro atoms. The Kier molecular flexibility index (Phi) is 5.29. The zero-order valence-corrected chi connectivity index (χ0v) is 13.4. The molecule has 1 fully saturated rings. The van der Waals surface area contributed by atoms with Gasteiger partial charge in [0.25, 0.3) is 0 Å². The fourth-order valence-corrected chi connectivity index (χ4v) is 2.97. The SMILES string of the molecule is NC(=NCc1cc(-c2ccccc2)no1)NC1CCCCCC1. The Balaban J connectivity index is 1.55. The lowest BCUT2D eigenvalue weighted by Gasteiger charge is -2.16. The normalized spacial score (nSPS) is 17.0. The molecule has 1 aromatic heterocycles. The molecule has 0 radical (unpaired) electrons. The zero-order chi connectivity index (χ0) is 15.9. The molecular weight excluding hydrogens is 288 g/mol. The molecule has 0 bridgehead atoms. The van der Waals surface area contributed by atoms with Gasteiger partial charge in [0.1, 0.15) is 12.2 Å². The summed E-state index contributed by atoms with van der Waals surface area (Å²) in [5, 5.41) is 7.42. The van der Waals surface area contributed by atoms with E-state index in [4.69, 9.17) is 10.3 Å². The van der Waals surface area contributed by atoms with Crippen molar-refractivity contribution in [3.8, 4) is 11.3 Å². The lowest BCUT2D eigenvalue weighted by atomic mass is 10.1. The second-order valence-electron chi connectivity index (χ2n) is 6.08. The van der Waals surface area contributed by atoms with Crippen molar-refractivity contribution < 1.29 is 4.52 Å². The molecule has 0 unspecified atom stereocenters. The fraction of sp³-hybridized carbons (Fsp3) is 0.444. The zero-order valence-electron chi connectivity index (χ0n) is 13.4. The standard InChI is InChI=1S/C18H24N4O/c19-18(21-15-10-6-1-2-7-11-15)20-13-16-12-17(22-23-16)14-8-4-3-5-9-14/h3-5,8-9,12,15H,1-2,6-7,10-11,13H2,(H3,19,20,21). The van der Waals surface area contributed by atoms with Crippen LogP contribution in [-0.2, 0) is 6.54 Å². The van der Waals surface area contributed by atoms with Crippen molar-refractivity contribution in [2.75, 3.05) is 0 Å². The lowest BCUT2D eigenvalue weighted by molar-refractivity contribution is 0.387. The molecule has 0 aliphatic heterocycles. The first-order chi connectivity index (χ1) is 11.3. The third-order valence-electron chi connectivity index (χ3n) is 4.24. The van der Waals surface area contributed by atoms with Crippen LogP contribution in [0.1, 0.15) is 44.3 Å². The van der Waals surface area contributed by atoms with E-state index in [-0.39, 0.29) is 0 Å². The number of guanidine groups is 1. The molecule has 0 amide bonds. The molecule has 1 heterocycles. The van der Waals surface area contributed by atoms with Gasteiger partial charge in [-0.05, 0) is 12.8 Å². The van der Waals surface area contributed by atoms with E-state index >= 15 is 0 Å². The Bertz CT molecular complexity index is 627. The van der Waals surface area contributed by atoms with Crippen LogP contribution in [0.5, 0.6) is 0 Å². The van der Waals surface area contributed by atoms with Gasteiger partial charge in [-0.1, -0.05) is 61.2 Å². The van der Waals surface area contributed by atoms with Crippen molar-refractivity contribution in [2.24, 2.45) is 10.7 Å². The van der Waals surface area contributed by atoms with Gasteiger partial charge >= 0.3 is 0 Å². The molecule has 5 heteroatoms. The minimum absolute atomic E-state index is 0.408. The topological polar surface area (TPSA) is 76.4 Å². The van der Waals surface area contributed by atoms with Crippen molar-refractivity contribution >= 4 is 5.96 Å². The van der Waals surface area contributed by atoms with Crippen molar-refractivity contribution in [1.29, 1.82) is 0 Å². The van der Waals surface area contributed by atoms with Crippen LogP contribution in [0.2, 0.25) is 0 Å². The first-order valence-electron chi connectivity index (χ1n) is 8.39. The maximum atomic E-state index is 6.00. The van der Waals surface area contributed by atoms with Crippen molar-refractivity contribution in [1.82, 2.24) is 10.5 Å². The smallest absolute Gasteiger partial charge is 0.189 e. The summed E-state index contributed by atoms with van der Waals surface area (Å²) in [7, 11) is 0. The number of benzene rings is 1. The van der Waals surface area contributed by atoms with Crippen molar-refractivity contribution in [2.45, 2.75) is 51.1 Å². The third-order valence-corrected chi connectivity index (χ3v) is 4.24. The number of hydrogen-bond acceptors (Lipinski definition) is 3. The summed E-state index contributed by atoms with van der Waals surface area (Å²) in [6.45, 7) is 0.408. The van der Waals surface area contributed by atoms with E-state index in [1.807, 2.05) is 36.4 Å². The molecule has 122 valence electrons. The van der Waals surface area contributed by atoms with Crippen molar-refractivity contribution in [3.05, 3.63) is 42.2 Å². The van der Waals surface area contributed by atoms with Crippen molar-refractivity contribution in [3.63, 3.8) is 0 Å². The van der Waals surface area contributed by atoms with Crippen LogP contribution in [0, 0.1) is 0 Å². The number of rotatable bonds is 4. The minimum atomic E-state index is 0.408. The molecule has 1 aromatic carbocycles. The highest BCUT2D eigenvalue weighted by Gasteiger charge is 2.12. The van der Waals surface area contributed by atoms with E-state index in [2.05, 4.69) is 15.5 Å². The van der Waals surface area contributed by atoms with Gasteiger partial charge < -0.3 is 15.6 Å². The monoisotopic (exact) mass is 312 g/mol. The Morgan fingerprint density at radius 3 is 2.65 bits per heavy atom. The molecule has 0 saturated heterocycles. The average Bonchev–Trinajstić information content (AvgIpc) is 2.91. The van der Waals surface area contributed by atoms with Gasteiger partial charge in [-0.15, -0.1) is 0 Å². The number of nitrogens with one attached hydrogen (secondary N) is 1. The van der Waals surface area contributed by atoms with E-state index in [9.17, 15) is 0 Å². The third kappa shape index (κ3) is 4.58. The van der Waals surface area contributed by atoms with Crippen LogP contribution < -0.4 is 11.1 Å². The lowest BCUT2D eigenvalue weighted by Crippen LogP contribution is -2.39. The van der Waals surface area contributed by atoms with E-state index in [1.165, 1.54) is 38.5 Å². The maximum absolute atomic E-state index is 6.00. The molecular formula is C18H24N4O. The molecule has 3 rings (SSSR count). The molecule has 1 aliphatic carbocycles. The summed E-state index contributed by atoms with van der Waals surface area (Å²) in [5.74, 6) is 1.21. The average molecular weight is 312 g/mol. The molecule has 23 heavy (non-hydrogen) atoms. The summed E-state index contributed by atoms with van der Waals surface area (Å²) in [6.07, 6.45) is 7.56. The van der Waals surface area contributed by atoms with E-state index in [0.717, 1.165) is 17.0 Å². The molecule has 1 saturated carbocycles. The molecule has 3 N–H and O–H groups in total. The Morgan fingerprint density at radius 1 is 1.17 bits per heavy atom. The molecule has 2 aromatic rings. The highest BCUT2D eigenvalue weighted by Crippen LogP contribution is 2.19. The number of aromatic nitrogens is 1.